The fourth-order valence-corrected chi connectivity index (χ4v) is 4.23. The van der Waals surface area contributed by atoms with Crippen molar-refractivity contribution in [3.8, 4) is 5.75 Å². The minimum Gasteiger partial charge on any atom is -0.491 e. The summed E-state index contributed by atoms with van der Waals surface area (Å²) in [6.07, 6.45) is 0.557. The van der Waals surface area contributed by atoms with Crippen LogP contribution in [0.2, 0.25) is 0 Å². The standard InChI is InChI=1S/C21H27N3O3S/c1-15(2)24-20-8-6-5-7-19(20)23-21(24)13-14-22-28(25,26)18-11-9-17(10-12-18)27-16(3)4/h5-12,15-16,22H,13-14H2,1-4H3. The molecule has 150 valence electrons. The number of benzene rings is 2. The molecule has 3 aromatic rings. The summed E-state index contributed by atoms with van der Waals surface area (Å²) >= 11 is 0. The molecule has 1 aromatic heterocycles. The molecule has 1 N–H and O–H groups in total. The highest BCUT2D eigenvalue weighted by Gasteiger charge is 2.16. The van der Waals surface area contributed by atoms with Crippen molar-refractivity contribution < 1.29 is 13.2 Å². The first-order chi connectivity index (χ1) is 13.3. The minimum atomic E-state index is -3.58. The molecule has 0 aliphatic heterocycles. The predicted octanol–water partition coefficient (Wildman–Crippen LogP) is 3.93. The van der Waals surface area contributed by atoms with Crippen LogP contribution in [0.4, 0.5) is 0 Å². The molecule has 0 unspecified atom stereocenters. The molecule has 0 atom stereocenters. The fraction of sp³-hybridized carbons (Fsp3) is 0.381. The van der Waals surface area contributed by atoms with Crippen molar-refractivity contribution in [2.45, 2.75) is 51.2 Å². The Balaban J connectivity index is 1.70. The molecule has 0 fully saturated rings. The molecule has 0 bridgehead atoms. The van der Waals surface area contributed by atoms with Crippen LogP contribution < -0.4 is 9.46 Å². The lowest BCUT2D eigenvalue weighted by molar-refractivity contribution is 0.242. The maximum atomic E-state index is 12.6. The Labute approximate surface area is 166 Å². The quantitative estimate of drug-likeness (QED) is 0.621. The second-order valence-electron chi connectivity index (χ2n) is 7.27. The summed E-state index contributed by atoms with van der Waals surface area (Å²) in [6, 6.07) is 14.7. The number of hydrogen-bond donors (Lipinski definition) is 1. The summed E-state index contributed by atoms with van der Waals surface area (Å²) in [6.45, 7) is 8.33. The highest BCUT2D eigenvalue weighted by molar-refractivity contribution is 7.89. The number of sulfonamides is 1. The molecule has 0 saturated carbocycles. The van der Waals surface area contributed by atoms with Crippen molar-refractivity contribution in [1.82, 2.24) is 14.3 Å². The Kier molecular flexibility index (Phi) is 6.05. The average molecular weight is 402 g/mol. The number of nitrogens with one attached hydrogen (secondary N) is 1. The van der Waals surface area contributed by atoms with Gasteiger partial charge in [0.1, 0.15) is 11.6 Å². The molecule has 0 saturated heterocycles. The normalized spacial score (nSPS) is 12.2. The van der Waals surface area contributed by atoms with Gasteiger partial charge in [0.05, 0.1) is 22.0 Å². The van der Waals surface area contributed by atoms with E-state index >= 15 is 0 Å². The summed E-state index contributed by atoms with van der Waals surface area (Å²) in [5.41, 5.74) is 1.99. The van der Waals surface area contributed by atoms with E-state index in [0.29, 0.717) is 12.2 Å². The van der Waals surface area contributed by atoms with Crippen molar-refractivity contribution in [2.24, 2.45) is 0 Å². The lowest BCUT2D eigenvalue weighted by atomic mass is 10.3. The first-order valence-corrected chi connectivity index (χ1v) is 11.0. The van der Waals surface area contributed by atoms with Crippen molar-refractivity contribution in [1.29, 1.82) is 0 Å². The summed E-state index contributed by atoms with van der Waals surface area (Å²) in [5, 5.41) is 0. The fourth-order valence-electron chi connectivity index (χ4n) is 3.20. The van der Waals surface area contributed by atoms with E-state index in [0.717, 1.165) is 16.9 Å². The largest absolute Gasteiger partial charge is 0.491 e. The number of ether oxygens (including phenoxy) is 1. The zero-order chi connectivity index (χ0) is 20.3. The van der Waals surface area contributed by atoms with Crippen LogP contribution in [0.5, 0.6) is 5.75 Å². The van der Waals surface area contributed by atoms with Crippen LogP contribution in [0.25, 0.3) is 11.0 Å². The van der Waals surface area contributed by atoms with Gasteiger partial charge in [-0.15, -0.1) is 0 Å². The second kappa shape index (κ2) is 8.32. The van der Waals surface area contributed by atoms with Crippen LogP contribution in [0.3, 0.4) is 0 Å². The Bertz CT molecular complexity index is 1040. The van der Waals surface area contributed by atoms with Crippen molar-refractivity contribution >= 4 is 21.1 Å². The highest BCUT2D eigenvalue weighted by Crippen LogP contribution is 2.21. The van der Waals surface area contributed by atoms with Gasteiger partial charge in [-0.3, -0.25) is 0 Å². The third-order valence-corrected chi connectivity index (χ3v) is 5.81. The number of aromatic nitrogens is 2. The van der Waals surface area contributed by atoms with Crippen LogP contribution in [0.1, 0.15) is 39.6 Å². The van der Waals surface area contributed by atoms with Crippen LogP contribution in [-0.2, 0) is 16.4 Å². The summed E-state index contributed by atoms with van der Waals surface area (Å²) in [7, 11) is -3.58. The molecule has 28 heavy (non-hydrogen) atoms. The van der Waals surface area contributed by atoms with Crippen molar-refractivity contribution in [3.05, 3.63) is 54.4 Å². The lowest BCUT2D eigenvalue weighted by Crippen LogP contribution is -2.27. The summed E-state index contributed by atoms with van der Waals surface area (Å²) in [4.78, 5) is 4.90. The molecule has 0 amide bonds. The van der Waals surface area contributed by atoms with E-state index < -0.39 is 10.0 Å². The number of para-hydroxylation sites is 2. The van der Waals surface area contributed by atoms with Crippen molar-refractivity contribution in [2.75, 3.05) is 6.54 Å². The molecular weight excluding hydrogens is 374 g/mol. The van der Waals surface area contributed by atoms with E-state index in [2.05, 4.69) is 28.1 Å². The molecule has 1 heterocycles. The van der Waals surface area contributed by atoms with Crippen LogP contribution in [-0.4, -0.2) is 30.6 Å². The van der Waals surface area contributed by atoms with Crippen LogP contribution in [0.15, 0.2) is 53.4 Å². The van der Waals surface area contributed by atoms with Gasteiger partial charge in [-0.1, -0.05) is 12.1 Å². The third-order valence-electron chi connectivity index (χ3n) is 4.33. The van der Waals surface area contributed by atoms with E-state index in [-0.39, 0.29) is 23.6 Å². The molecule has 0 spiro atoms. The third kappa shape index (κ3) is 4.54. The number of hydrogen-bond acceptors (Lipinski definition) is 4. The number of rotatable bonds is 8. The molecule has 6 nitrogen and oxygen atoms in total. The van der Waals surface area contributed by atoms with Crippen LogP contribution >= 0.6 is 0 Å². The summed E-state index contributed by atoms with van der Waals surface area (Å²) < 4.78 is 35.5. The first-order valence-electron chi connectivity index (χ1n) is 9.50. The molecule has 0 radical (unpaired) electrons. The number of nitrogens with zero attached hydrogens (tertiary/aromatic N) is 2. The van der Waals surface area contributed by atoms with Gasteiger partial charge in [0, 0.05) is 19.0 Å². The van der Waals surface area contributed by atoms with Gasteiger partial charge in [-0.2, -0.15) is 0 Å². The first kappa shape index (κ1) is 20.4. The Hall–Kier alpha value is -2.38. The Morgan fingerprint density at radius 3 is 2.36 bits per heavy atom. The minimum absolute atomic E-state index is 0.0424. The molecular formula is C21H27N3O3S. The van der Waals surface area contributed by atoms with Gasteiger partial charge >= 0.3 is 0 Å². The van der Waals surface area contributed by atoms with E-state index in [4.69, 9.17) is 4.74 Å². The zero-order valence-electron chi connectivity index (χ0n) is 16.7. The summed E-state index contributed by atoms with van der Waals surface area (Å²) in [5.74, 6) is 1.53. The molecule has 0 aliphatic carbocycles. The maximum Gasteiger partial charge on any atom is 0.240 e. The predicted molar refractivity (Wildman–Crippen MR) is 111 cm³/mol. The SMILES string of the molecule is CC(C)Oc1ccc(S(=O)(=O)NCCc2nc3ccccc3n2C(C)C)cc1. The monoisotopic (exact) mass is 401 g/mol. The maximum absolute atomic E-state index is 12.6. The van der Waals surface area contributed by atoms with Gasteiger partial charge in [0.15, 0.2) is 0 Å². The van der Waals surface area contributed by atoms with E-state index in [1.807, 2.05) is 38.1 Å². The Morgan fingerprint density at radius 1 is 1.04 bits per heavy atom. The van der Waals surface area contributed by atoms with Gasteiger partial charge < -0.3 is 9.30 Å². The smallest absolute Gasteiger partial charge is 0.240 e. The highest BCUT2D eigenvalue weighted by atomic mass is 32.2. The number of fused-ring (bicyclic) bond motifs is 1. The molecule has 7 heteroatoms. The van der Waals surface area contributed by atoms with E-state index in [1.165, 1.54) is 0 Å². The van der Waals surface area contributed by atoms with Crippen molar-refractivity contribution in [3.63, 3.8) is 0 Å². The topological polar surface area (TPSA) is 73.2 Å². The van der Waals surface area contributed by atoms with Gasteiger partial charge in [0.25, 0.3) is 0 Å². The molecule has 3 rings (SSSR count). The molecule has 0 aliphatic rings. The average Bonchev–Trinajstić information content (AvgIpc) is 3.00. The van der Waals surface area contributed by atoms with E-state index in [1.54, 1.807) is 24.3 Å². The molecule has 2 aromatic carbocycles. The van der Waals surface area contributed by atoms with Gasteiger partial charge in [-0.05, 0) is 64.1 Å². The second-order valence-corrected chi connectivity index (χ2v) is 9.03. The van der Waals surface area contributed by atoms with Gasteiger partial charge in [-0.25, -0.2) is 18.1 Å². The van der Waals surface area contributed by atoms with Gasteiger partial charge in [0.2, 0.25) is 10.0 Å². The number of imidazole rings is 1. The van der Waals surface area contributed by atoms with Crippen LogP contribution in [0, 0.1) is 0 Å². The lowest BCUT2D eigenvalue weighted by Gasteiger charge is -2.13. The zero-order valence-corrected chi connectivity index (χ0v) is 17.5. The van der Waals surface area contributed by atoms with E-state index in [9.17, 15) is 8.42 Å². The Morgan fingerprint density at radius 2 is 1.71 bits per heavy atom.